The molecule has 0 aliphatic carbocycles. The van der Waals surface area contributed by atoms with E-state index >= 15 is 0 Å². The van der Waals surface area contributed by atoms with E-state index in [1.54, 1.807) is 24.3 Å². The summed E-state index contributed by atoms with van der Waals surface area (Å²) in [5, 5.41) is 0. The van der Waals surface area contributed by atoms with Gasteiger partial charge in [-0.05, 0) is 30.9 Å². The van der Waals surface area contributed by atoms with Crippen molar-refractivity contribution < 1.29 is 19.1 Å². The number of ether oxygens (including phenoxy) is 2. The van der Waals surface area contributed by atoms with Gasteiger partial charge in [0.15, 0.2) is 0 Å². The molecule has 0 saturated carbocycles. The standard InChI is InChI=1S/C32H54O4/c1-5-7-8-9-10-11-12-13-14-15-16-17-18-19-20-23-26-35-31(33)28-24-21-22-25-29(28)32(34)36-30(6-2)27(3)4/h21-22,24-25,27,30H,5-20,23,26H2,1-4H3. The van der Waals surface area contributed by atoms with Crippen LogP contribution < -0.4 is 0 Å². The van der Waals surface area contributed by atoms with Crippen molar-refractivity contribution in [1.29, 1.82) is 0 Å². The fraction of sp³-hybridized carbons (Fsp3) is 0.750. The van der Waals surface area contributed by atoms with Crippen LogP contribution in [0.3, 0.4) is 0 Å². The van der Waals surface area contributed by atoms with Crippen LogP contribution in [0.2, 0.25) is 0 Å². The lowest BCUT2D eigenvalue weighted by Gasteiger charge is -2.20. The normalized spacial score (nSPS) is 12.0. The third-order valence-corrected chi connectivity index (χ3v) is 7.00. The van der Waals surface area contributed by atoms with Gasteiger partial charge in [-0.1, -0.05) is 136 Å². The van der Waals surface area contributed by atoms with Crippen molar-refractivity contribution in [2.24, 2.45) is 5.92 Å². The molecule has 0 aliphatic heterocycles. The molecule has 0 fully saturated rings. The molecule has 1 atom stereocenters. The van der Waals surface area contributed by atoms with Gasteiger partial charge in [0.1, 0.15) is 6.10 Å². The lowest BCUT2D eigenvalue weighted by atomic mass is 10.0. The second kappa shape index (κ2) is 21.3. The quantitative estimate of drug-likeness (QED) is 0.117. The smallest absolute Gasteiger partial charge is 0.339 e. The summed E-state index contributed by atoms with van der Waals surface area (Å²) in [4.78, 5) is 25.2. The first-order valence-corrected chi connectivity index (χ1v) is 15.0. The Morgan fingerprint density at radius 3 is 1.47 bits per heavy atom. The molecule has 1 aromatic rings. The number of hydrogen-bond donors (Lipinski definition) is 0. The fourth-order valence-electron chi connectivity index (χ4n) is 4.62. The predicted molar refractivity (Wildman–Crippen MR) is 151 cm³/mol. The summed E-state index contributed by atoms with van der Waals surface area (Å²) in [6, 6.07) is 6.78. The minimum absolute atomic E-state index is 0.160. The van der Waals surface area contributed by atoms with E-state index in [9.17, 15) is 9.59 Å². The van der Waals surface area contributed by atoms with Crippen LogP contribution in [0, 0.1) is 5.92 Å². The van der Waals surface area contributed by atoms with Gasteiger partial charge >= 0.3 is 11.9 Å². The first-order valence-electron chi connectivity index (χ1n) is 15.0. The van der Waals surface area contributed by atoms with E-state index in [0.29, 0.717) is 6.61 Å². The number of benzene rings is 1. The van der Waals surface area contributed by atoms with Crippen molar-refractivity contribution in [3.63, 3.8) is 0 Å². The SMILES string of the molecule is CCCCCCCCCCCCCCCCCCOC(=O)c1ccccc1C(=O)OC(CC)C(C)C. The lowest BCUT2D eigenvalue weighted by molar-refractivity contribution is 0.0167. The maximum absolute atomic E-state index is 12.6. The first kappa shape index (κ1) is 32.2. The molecule has 0 heterocycles. The van der Waals surface area contributed by atoms with Crippen molar-refractivity contribution >= 4 is 11.9 Å². The predicted octanol–water partition coefficient (Wildman–Crippen LogP) is 9.70. The molecule has 0 bridgehead atoms. The van der Waals surface area contributed by atoms with Gasteiger partial charge in [0.05, 0.1) is 17.7 Å². The number of carbonyl (C=O) groups is 2. The summed E-state index contributed by atoms with van der Waals surface area (Å²) >= 11 is 0. The van der Waals surface area contributed by atoms with Crippen LogP contribution in [0.1, 0.15) is 158 Å². The van der Waals surface area contributed by atoms with Crippen LogP contribution in [0.5, 0.6) is 0 Å². The van der Waals surface area contributed by atoms with Gasteiger partial charge in [0, 0.05) is 0 Å². The Hall–Kier alpha value is -1.84. The molecule has 0 saturated heterocycles. The highest BCUT2D eigenvalue weighted by molar-refractivity contribution is 6.03. The van der Waals surface area contributed by atoms with E-state index in [1.165, 1.54) is 89.9 Å². The van der Waals surface area contributed by atoms with Gasteiger partial charge in [-0.3, -0.25) is 0 Å². The largest absolute Gasteiger partial charge is 0.462 e. The second-order valence-electron chi connectivity index (χ2n) is 10.6. The van der Waals surface area contributed by atoms with E-state index in [2.05, 4.69) is 6.92 Å². The van der Waals surface area contributed by atoms with Crippen molar-refractivity contribution in [3.8, 4) is 0 Å². The zero-order valence-electron chi connectivity index (χ0n) is 23.8. The average Bonchev–Trinajstić information content (AvgIpc) is 2.88. The maximum atomic E-state index is 12.6. The molecule has 1 aromatic carbocycles. The molecule has 1 rings (SSSR count). The van der Waals surface area contributed by atoms with Crippen LogP contribution >= 0.6 is 0 Å². The monoisotopic (exact) mass is 502 g/mol. The Kier molecular flexibility index (Phi) is 19.0. The average molecular weight is 503 g/mol. The fourth-order valence-corrected chi connectivity index (χ4v) is 4.62. The molecular formula is C32H54O4. The Balaban J connectivity index is 2.10. The molecule has 36 heavy (non-hydrogen) atoms. The number of hydrogen-bond acceptors (Lipinski definition) is 4. The molecule has 0 aromatic heterocycles. The number of esters is 2. The van der Waals surface area contributed by atoms with E-state index in [1.807, 2.05) is 20.8 Å². The summed E-state index contributed by atoms with van der Waals surface area (Å²) in [6.07, 6.45) is 21.6. The third-order valence-electron chi connectivity index (χ3n) is 7.00. The van der Waals surface area contributed by atoms with Crippen molar-refractivity contribution in [2.45, 2.75) is 143 Å². The summed E-state index contributed by atoms with van der Waals surface area (Å²) in [5.74, 6) is -0.667. The van der Waals surface area contributed by atoms with Crippen molar-refractivity contribution in [3.05, 3.63) is 35.4 Å². The van der Waals surface area contributed by atoms with E-state index in [0.717, 1.165) is 19.3 Å². The number of rotatable bonds is 22. The topological polar surface area (TPSA) is 52.6 Å². The van der Waals surface area contributed by atoms with Gasteiger partial charge in [-0.15, -0.1) is 0 Å². The third kappa shape index (κ3) is 14.7. The highest BCUT2D eigenvalue weighted by Crippen LogP contribution is 2.18. The minimum Gasteiger partial charge on any atom is -0.462 e. The Morgan fingerprint density at radius 1 is 0.639 bits per heavy atom. The molecule has 1 unspecified atom stereocenters. The molecular weight excluding hydrogens is 448 g/mol. The summed E-state index contributed by atoms with van der Waals surface area (Å²) in [7, 11) is 0. The van der Waals surface area contributed by atoms with Gasteiger partial charge in [-0.25, -0.2) is 9.59 Å². The lowest BCUT2D eigenvalue weighted by Crippen LogP contribution is -2.24. The molecule has 4 heteroatoms. The summed E-state index contributed by atoms with van der Waals surface area (Å²) in [5.41, 5.74) is 0.575. The van der Waals surface area contributed by atoms with Crippen LogP contribution in [0.15, 0.2) is 24.3 Å². The molecule has 0 radical (unpaired) electrons. The zero-order chi connectivity index (χ0) is 26.4. The van der Waals surface area contributed by atoms with Gasteiger partial charge in [-0.2, -0.15) is 0 Å². The van der Waals surface area contributed by atoms with Gasteiger partial charge < -0.3 is 9.47 Å². The second-order valence-corrected chi connectivity index (χ2v) is 10.6. The maximum Gasteiger partial charge on any atom is 0.339 e. The van der Waals surface area contributed by atoms with Crippen LogP contribution in [-0.4, -0.2) is 24.6 Å². The minimum atomic E-state index is -0.453. The van der Waals surface area contributed by atoms with E-state index < -0.39 is 11.9 Å². The Morgan fingerprint density at radius 2 is 1.06 bits per heavy atom. The van der Waals surface area contributed by atoms with Crippen LogP contribution in [-0.2, 0) is 9.47 Å². The van der Waals surface area contributed by atoms with Crippen molar-refractivity contribution in [1.82, 2.24) is 0 Å². The molecule has 0 N–H and O–H groups in total. The molecule has 0 spiro atoms. The van der Waals surface area contributed by atoms with Crippen LogP contribution in [0.4, 0.5) is 0 Å². The van der Waals surface area contributed by atoms with E-state index in [4.69, 9.17) is 9.47 Å². The molecule has 206 valence electrons. The van der Waals surface area contributed by atoms with Gasteiger partial charge in [0.25, 0.3) is 0 Å². The van der Waals surface area contributed by atoms with Crippen LogP contribution in [0.25, 0.3) is 0 Å². The van der Waals surface area contributed by atoms with Gasteiger partial charge in [0.2, 0.25) is 0 Å². The van der Waals surface area contributed by atoms with E-state index in [-0.39, 0.29) is 23.1 Å². The zero-order valence-corrected chi connectivity index (χ0v) is 23.8. The summed E-state index contributed by atoms with van der Waals surface area (Å²) in [6.45, 7) is 8.72. The number of unbranched alkanes of at least 4 members (excludes halogenated alkanes) is 15. The highest BCUT2D eigenvalue weighted by atomic mass is 16.5. The van der Waals surface area contributed by atoms with Crippen molar-refractivity contribution in [2.75, 3.05) is 6.61 Å². The Labute approximate surface area is 221 Å². The molecule has 0 amide bonds. The highest BCUT2D eigenvalue weighted by Gasteiger charge is 2.22. The molecule has 0 aliphatic rings. The Bertz CT molecular complexity index is 697. The summed E-state index contributed by atoms with van der Waals surface area (Å²) < 4.78 is 11.1. The molecule has 4 nitrogen and oxygen atoms in total. The first-order chi connectivity index (χ1) is 17.5. The number of carbonyl (C=O) groups excluding carboxylic acids is 2.